The van der Waals surface area contributed by atoms with Gasteiger partial charge in [0.05, 0.1) is 5.02 Å². The fraction of sp³-hybridized carbons (Fsp3) is 0.400. The Morgan fingerprint density at radius 2 is 2.14 bits per heavy atom. The van der Waals surface area contributed by atoms with Gasteiger partial charge in [-0.3, -0.25) is 0 Å². The minimum atomic E-state index is -0.197. The van der Waals surface area contributed by atoms with Crippen molar-refractivity contribution in [1.82, 2.24) is 0 Å². The standard InChI is InChI=1S/C10H15ClN2O/c11-8-4-1-3-7(10(8)14)9(13)5-2-6-12/h1,3-4,9,14H,2,5-6,12-13H2/t9-/m0/s1. The van der Waals surface area contributed by atoms with Gasteiger partial charge in [0.25, 0.3) is 0 Å². The van der Waals surface area contributed by atoms with E-state index < -0.39 is 0 Å². The summed E-state index contributed by atoms with van der Waals surface area (Å²) in [5.41, 5.74) is 11.9. The molecule has 0 saturated carbocycles. The highest BCUT2D eigenvalue weighted by Gasteiger charge is 2.11. The summed E-state index contributed by atoms with van der Waals surface area (Å²) in [5, 5.41) is 9.96. The van der Waals surface area contributed by atoms with Crippen LogP contribution in [0.25, 0.3) is 0 Å². The van der Waals surface area contributed by atoms with Crippen LogP contribution in [0, 0.1) is 0 Å². The Morgan fingerprint density at radius 1 is 1.43 bits per heavy atom. The quantitative estimate of drug-likeness (QED) is 0.716. The number of hydrogen-bond donors (Lipinski definition) is 3. The van der Waals surface area contributed by atoms with Crippen LogP contribution in [0.2, 0.25) is 5.02 Å². The van der Waals surface area contributed by atoms with E-state index in [1.807, 2.05) is 0 Å². The molecule has 78 valence electrons. The first-order valence-corrected chi connectivity index (χ1v) is 4.97. The molecule has 4 heteroatoms. The smallest absolute Gasteiger partial charge is 0.138 e. The van der Waals surface area contributed by atoms with Crippen LogP contribution in [0.1, 0.15) is 24.4 Å². The zero-order valence-electron chi connectivity index (χ0n) is 7.91. The summed E-state index contributed by atoms with van der Waals surface area (Å²) in [7, 11) is 0. The van der Waals surface area contributed by atoms with Gasteiger partial charge in [-0.2, -0.15) is 0 Å². The molecule has 14 heavy (non-hydrogen) atoms. The number of phenols is 1. The Balaban J connectivity index is 2.79. The highest BCUT2D eigenvalue weighted by molar-refractivity contribution is 6.32. The van der Waals surface area contributed by atoms with Crippen molar-refractivity contribution in [1.29, 1.82) is 0 Å². The Hall–Kier alpha value is -0.770. The van der Waals surface area contributed by atoms with Crippen molar-refractivity contribution >= 4 is 11.6 Å². The van der Waals surface area contributed by atoms with Gasteiger partial charge < -0.3 is 16.6 Å². The second kappa shape index (κ2) is 5.20. The molecular formula is C10H15ClN2O. The molecule has 0 spiro atoms. The lowest BCUT2D eigenvalue weighted by Crippen LogP contribution is -2.12. The summed E-state index contributed by atoms with van der Waals surface area (Å²) >= 11 is 5.76. The molecule has 1 aromatic carbocycles. The largest absolute Gasteiger partial charge is 0.506 e. The molecule has 0 heterocycles. The van der Waals surface area contributed by atoms with E-state index in [4.69, 9.17) is 23.1 Å². The van der Waals surface area contributed by atoms with E-state index >= 15 is 0 Å². The minimum absolute atomic E-state index is 0.0821. The number of rotatable bonds is 4. The van der Waals surface area contributed by atoms with E-state index in [-0.39, 0.29) is 11.8 Å². The Labute approximate surface area is 88.7 Å². The lowest BCUT2D eigenvalue weighted by Gasteiger charge is -2.13. The van der Waals surface area contributed by atoms with Crippen LogP contribution >= 0.6 is 11.6 Å². The molecule has 0 unspecified atom stereocenters. The van der Waals surface area contributed by atoms with E-state index in [0.717, 1.165) is 12.8 Å². The van der Waals surface area contributed by atoms with Crippen LogP contribution in [0.4, 0.5) is 0 Å². The molecule has 1 aromatic rings. The van der Waals surface area contributed by atoms with Crippen molar-refractivity contribution in [3.05, 3.63) is 28.8 Å². The van der Waals surface area contributed by atoms with Gasteiger partial charge in [0, 0.05) is 11.6 Å². The summed E-state index contributed by atoms with van der Waals surface area (Å²) in [4.78, 5) is 0. The molecular weight excluding hydrogens is 200 g/mol. The average Bonchev–Trinajstić information content (AvgIpc) is 2.18. The van der Waals surface area contributed by atoms with E-state index in [9.17, 15) is 5.11 Å². The maximum absolute atomic E-state index is 9.62. The van der Waals surface area contributed by atoms with E-state index in [0.29, 0.717) is 17.1 Å². The molecule has 0 fully saturated rings. The fourth-order valence-corrected chi connectivity index (χ4v) is 1.51. The van der Waals surface area contributed by atoms with Gasteiger partial charge in [-0.15, -0.1) is 0 Å². The molecule has 0 aliphatic carbocycles. The molecule has 5 N–H and O–H groups in total. The summed E-state index contributed by atoms with van der Waals surface area (Å²) in [6, 6.07) is 5.00. The molecule has 0 radical (unpaired) electrons. The minimum Gasteiger partial charge on any atom is -0.506 e. The lowest BCUT2D eigenvalue weighted by molar-refractivity contribution is 0.457. The summed E-state index contributed by atoms with van der Waals surface area (Å²) in [6.45, 7) is 0.606. The van der Waals surface area contributed by atoms with E-state index in [2.05, 4.69) is 0 Å². The molecule has 0 saturated heterocycles. The van der Waals surface area contributed by atoms with Crippen LogP contribution in [0.5, 0.6) is 5.75 Å². The summed E-state index contributed by atoms with van der Waals surface area (Å²) in [6.07, 6.45) is 1.59. The number of halogens is 1. The Bertz CT molecular complexity index is 304. The van der Waals surface area contributed by atoms with Gasteiger partial charge in [-0.25, -0.2) is 0 Å². The molecule has 0 aliphatic rings. The SMILES string of the molecule is NCCC[C@H](N)c1cccc(Cl)c1O. The third kappa shape index (κ3) is 2.61. The van der Waals surface area contributed by atoms with Crippen molar-refractivity contribution in [2.24, 2.45) is 11.5 Å². The number of aromatic hydroxyl groups is 1. The van der Waals surface area contributed by atoms with Crippen molar-refractivity contribution in [3.8, 4) is 5.75 Å². The highest BCUT2D eigenvalue weighted by Crippen LogP contribution is 2.31. The number of para-hydroxylation sites is 1. The van der Waals surface area contributed by atoms with Gasteiger partial charge in [-0.1, -0.05) is 23.7 Å². The summed E-state index contributed by atoms with van der Waals surface area (Å²) in [5.74, 6) is 0.0821. The number of phenolic OH excluding ortho intramolecular Hbond substituents is 1. The molecule has 1 atom stereocenters. The molecule has 0 aliphatic heterocycles. The Morgan fingerprint density at radius 3 is 2.79 bits per heavy atom. The van der Waals surface area contributed by atoms with Crippen LogP contribution in [0.3, 0.4) is 0 Å². The zero-order valence-corrected chi connectivity index (χ0v) is 8.67. The number of hydrogen-bond acceptors (Lipinski definition) is 3. The maximum Gasteiger partial charge on any atom is 0.138 e. The summed E-state index contributed by atoms with van der Waals surface area (Å²) < 4.78 is 0. The molecule has 0 aromatic heterocycles. The van der Waals surface area contributed by atoms with Crippen LogP contribution in [-0.4, -0.2) is 11.7 Å². The third-order valence-electron chi connectivity index (χ3n) is 2.14. The first-order chi connectivity index (χ1) is 6.66. The van der Waals surface area contributed by atoms with E-state index in [1.54, 1.807) is 18.2 Å². The second-order valence-electron chi connectivity index (χ2n) is 3.22. The molecule has 3 nitrogen and oxygen atoms in total. The van der Waals surface area contributed by atoms with Crippen molar-refractivity contribution < 1.29 is 5.11 Å². The van der Waals surface area contributed by atoms with Crippen LogP contribution in [0.15, 0.2) is 18.2 Å². The topological polar surface area (TPSA) is 72.3 Å². The lowest BCUT2D eigenvalue weighted by atomic mass is 10.0. The van der Waals surface area contributed by atoms with Crippen molar-refractivity contribution in [2.45, 2.75) is 18.9 Å². The third-order valence-corrected chi connectivity index (χ3v) is 2.44. The number of benzene rings is 1. The van der Waals surface area contributed by atoms with Crippen LogP contribution < -0.4 is 11.5 Å². The van der Waals surface area contributed by atoms with Crippen molar-refractivity contribution in [3.63, 3.8) is 0 Å². The van der Waals surface area contributed by atoms with E-state index in [1.165, 1.54) is 0 Å². The van der Waals surface area contributed by atoms with Gasteiger partial charge in [-0.05, 0) is 25.5 Å². The van der Waals surface area contributed by atoms with Crippen molar-refractivity contribution in [2.75, 3.05) is 6.54 Å². The monoisotopic (exact) mass is 214 g/mol. The second-order valence-corrected chi connectivity index (χ2v) is 3.62. The molecule has 0 bridgehead atoms. The molecule has 0 amide bonds. The van der Waals surface area contributed by atoms with Gasteiger partial charge in [0.2, 0.25) is 0 Å². The van der Waals surface area contributed by atoms with Crippen LogP contribution in [-0.2, 0) is 0 Å². The zero-order chi connectivity index (χ0) is 10.6. The number of nitrogens with two attached hydrogens (primary N) is 2. The fourth-order valence-electron chi connectivity index (χ4n) is 1.32. The highest BCUT2D eigenvalue weighted by atomic mass is 35.5. The first kappa shape index (κ1) is 11.3. The predicted molar refractivity (Wildman–Crippen MR) is 58.3 cm³/mol. The van der Waals surface area contributed by atoms with Gasteiger partial charge in [0.15, 0.2) is 0 Å². The molecule has 1 rings (SSSR count). The van der Waals surface area contributed by atoms with Gasteiger partial charge >= 0.3 is 0 Å². The van der Waals surface area contributed by atoms with Gasteiger partial charge in [0.1, 0.15) is 5.75 Å². The first-order valence-electron chi connectivity index (χ1n) is 4.60. The normalized spacial score (nSPS) is 12.8. The average molecular weight is 215 g/mol. The predicted octanol–water partition coefficient (Wildman–Crippen LogP) is 1.78. The maximum atomic E-state index is 9.62. The Kier molecular flexibility index (Phi) is 4.20.